The van der Waals surface area contributed by atoms with Crippen LogP contribution in [0.2, 0.25) is 0 Å². The molecule has 0 spiro atoms. The van der Waals surface area contributed by atoms with Crippen molar-refractivity contribution in [1.29, 1.82) is 0 Å². The average molecular weight is 605 g/mol. The first-order valence-corrected chi connectivity index (χ1v) is 13.0. The minimum Gasteiger partial charge on any atom is -0.463 e. The number of hydrogen-bond donors (Lipinski definition) is 0. The fraction of sp³-hybridized carbons (Fsp3) is 0.240. The molecule has 2 aromatic carbocycles. The number of carbonyl (C=O) groups excluding carboxylic acids is 1. The van der Waals surface area contributed by atoms with Crippen LogP contribution >= 0.6 is 43.2 Å². The van der Waals surface area contributed by atoms with Crippen LogP contribution in [0.25, 0.3) is 6.08 Å². The van der Waals surface area contributed by atoms with Gasteiger partial charge in [0.2, 0.25) is 0 Å². The van der Waals surface area contributed by atoms with Crippen molar-refractivity contribution in [3.05, 3.63) is 93.5 Å². The lowest BCUT2D eigenvalue weighted by Gasteiger charge is -2.24. The van der Waals surface area contributed by atoms with E-state index in [2.05, 4.69) is 36.9 Å². The molecule has 0 aliphatic carbocycles. The highest BCUT2D eigenvalue weighted by molar-refractivity contribution is 9.10. The van der Waals surface area contributed by atoms with Crippen LogP contribution in [-0.2, 0) is 9.53 Å². The average Bonchev–Trinajstić information content (AvgIpc) is 3.08. The van der Waals surface area contributed by atoms with Gasteiger partial charge in [0.15, 0.2) is 4.80 Å². The van der Waals surface area contributed by atoms with Crippen LogP contribution in [0.1, 0.15) is 31.0 Å². The Labute approximate surface area is 218 Å². The minimum atomic E-state index is -0.617. The molecule has 0 unspecified atom stereocenters. The molecule has 34 heavy (non-hydrogen) atoms. The number of carbonyl (C=O) groups is 1. The number of nitrogens with zero attached hydrogens (tertiary/aromatic N) is 3. The molecular weight excluding hydrogens is 582 g/mol. The molecule has 4 rings (SSSR count). The number of thiazole rings is 1. The third-order valence-electron chi connectivity index (χ3n) is 5.45. The molecule has 9 heteroatoms. The van der Waals surface area contributed by atoms with Crippen molar-refractivity contribution in [2.75, 3.05) is 25.6 Å². The number of hydrogen-bond acceptors (Lipinski definition) is 6. The Morgan fingerprint density at radius 2 is 1.91 bits per heavy atom. The first-order chi connectivity index (χ1) is 16.2. The molecule has 1 aromatic heterocycles. The molecule has 0 radical (unpaired) electrons. The molecule has 0 saturated carbocycles. The fourth-order valence-corrected chi connectivity index (χ4v) is 5.94. The molecule has 1 atom stereocenters. The van der Waals surface area contributed by atoms with Gasteiger partial charge in [-0.3, -0.25) is 9.36 Å². The number of anilines is 1. The Kier molecular flexibility index (Phi) is 7.25. The Hall–Kier alpha value is -2.49. The van der Waals surface area contributed by atoms with Crippen molar-refractivity contribution < 1.29 is 9.53 Å². The van der Waals surface area contributed by atoms with Crippen LogP contribution in [0.15, 0.2) is 72.5 Å². The standard InChI is InChI=1S/C25H23Br2N3O3S/c1-5-33-24(32)21-14(2)28-25-30(22(21)16-7-9-17(26)10-8-16)23(31)20(34-25)13-15-6-11-19(29(3)4)18(27)12-15/h6-13,22H,5H2,1-4H3/t22-/m0/s1. The maximum absolute atomic E-state index is 13.6. The lowest BCUT2D eigenvalue weighted by atomic mass is 9.96. The second kappa shape index (κ2) is 10.0. The second-order valence-electron chi connectivity index (χ2n) is 7.96. The second-order valence-corrected chi connectivity index (χ2v) is 10.7. The van der Waals surface area contributed by atoms with E-state index in [9.17, 15) is 9.59 Å². The largest absolute Gasteiger partial charge is 0.463 e. The van der Waals surface area contributed by atoms with E-state index in [1.165, 1.54) is 11.3 Å². The summed E-state index contributed by atoms with van der Waals surface area (Å²) in [6.45, 7) is 3.79. The quantitative estimate of drug-likeness (QED) is 0.405. The Bertz CT molecular complexity index is 1470. The fourth-order valence-electron chi connectivity index (χ4n) is 3.88. The van der Waals surface area contributed by atoms with Crippen molar-refractivity contribution in [3.8, 4) is 0 Å². The molecule has 0 amide bonds. The van der Waals surface area contributed by atoms with Crippen LogP contribution in [0.4, 0.5) is 5.69 Å². The van der Waals surface area contributed by atoms with Crippen molar-refractivity contribution in [2.24, 2.45) is 4.99 Å². The van der Waals surface area contributed by atoms with Gasteiger partial charge in [0.05, 0.1) is 34.1 Å². The van der Waals surface area contributed by atoms with Crippen LogP contribution in [0, 0.1) is 0 Å². The van der Waals surface area contributed by atoms with Gasteiger partial charge >= 0.3 is 5.97 Å². The molecule has 0 fully saturated rings. The topological polar surface area (TPSA) is 63.9 Å². The van der Waals surface area contributed by atoms with E-state index in [-0.39, 0.29) is 12.2 Å². The highest BCUT2D eigenvalue weighted by Crippen LogP contribution is 2.31. The lowest BCUT2D eigenvalue weighted by molar-refractivity contribution is -0.139. The number of benzene rings is 2. The molecule has 0 saturated heterocycles. The zero-order valence-electron chi connectivity index (χ0n) is 19.1. The first-order valence-electron chi connectivity index (χ1n) is 10.6. The van der Waals surface area contributed by atoms with Gasteiger partial charge in [-0.25, -0.2) is 9.79 Å². The van der Waals surface area contributed by atoms with Crippen molar-refractivity contribution >= 4 is 60.9 Å². The normalized spacial score (nSPS) is 15.7. The zero-order chi connectivity index (χ0) is 24.6. The third kappa shape index (κ3) is 4.69. The molecule has 6 nitrogen and oxygen atoms in total. The summed E-state index contributed by atoms with van der Waals surface area (Å²) in [7, 11) is 3.95. The predicted molar refractivity (Wildman–Crippen MR) is 143 cm³/mol. The van der Waals surface area contributed by atoms with E-state index in [1.807, 2.05) is 67.5 Å². The van der Waals surface area contributed by atoms with Gasteiger partial charge in [-0.1, -0.05) is 45.5 Å². The molecule has 176 valence electrons. The summed E-state index contributed by atoms with van der Waals surface area (Å²) in [5, 5.41) is 0. The number of esters is 1. The predicted octanol–water partition coefficient (Wildman–Crippen LogP) is 4.39. The summed E-state index contributed by atoms with van der Waals surface area (Å²) in [5.74, 6) is -0.464. The van der Waals surface area contributed by atoms with Gasteiger partial charge in [-0.15, -0.1) is 0 Å². The van der Waals surface area contributed by atoms with Gasteiger partial charge in [0.1, 0.15) is 0 Å². The van der Waals surface area contributed by atoms with E-state index in [0.29, 0.717) is 20.6 Å². The summed E-state index contributed by atoms with van der Waals surface area (Å²) < 4.78 is 9.33. The Balaban J connectivity index is 1.91. The van der Waals surface area contributed by atoms with Crippen molar-refractivity contribution in [2.45, 2.75) is 19.9 Å². The van der Waals surface area contributed by atoms with Gasteiger partial charge in [0, 0.05) is 23.0 Å². The van der Waals surface area contributed by atoms with E-state index >= 15 is 0 Å². The number of rotatable bonds is 5. The smallest absolute Gasteiger partial charge is 0.338 e. The monoisotopic (exact) mass is 603 g/mol. The molecule has 0 bridgehead atoms. The number of allylic oxidation sites excluding steroid dienone is 1. The van der Waals surface area contributed by atoms with E-state index in [4.69, 9.17) is 4.74 Å². The summed E-state index contributed by atoms with van der Waals surface area (Å²) in [5.41, 5.74) is 3.48. The first kappa shape index (κ1) is 24.6. The summed E-state index contributed by atoms with van der Waals surface area (Å²) in [6, 6.07) is 12.9. The maximum atomic E-state index is 13.6. The molecule has 1 aliphatic rings. The van der Waals surface area contributed by atoms with E-state index < -0.39 is 12.0 Å². The van der Waals surface area contributed by atoms with Gasteiger partial charge in [-0.2, -0.15) is 0 Å². The van der Waals surface area contributed by atoms with Crippen LogP contribution in [0.3, 0.4) is 0 Å². The van der Waals surface area contributed by atoms with Crippen LogP contribution in [0.5, 0.6) is 0 Å². The molecule has 3 aromatic rings. The minimum absolute atomic E-state index is 0.196. The van der Waals surface area contributed by atoms with E-state index in [0.717, 1.165) is 25.8 Å². The molecular formula is C25H23Br2N3O3S. The number of aromatic nitrogens is 1. The van der Waals surface area contributed by atoms with Crippen molar-refractivity contribution in [3.63, 3.8) is 0 Å². The number of ether oxygens (including phenoxy) is 1. The van der Waals surface area contributed by atoms with Crippen molar-refractivity contribution in [1.82, 2.24) is 4.57 Å². The molecule has 0 N–H and O–H groups in total. The lowest BCUT2D eigenvalue weighted by Crippen LogP contribution is -2.39. The SMILES string of the molecule is CCOC(=O)C1=C(C)N=c2sc(=Cc3ccc(N(C)C)c(Br)c3)c(=O)n2[C@H]1c1ccc(Br)cc1. The highest BCUT2D eigenvalue weighted by Gasteiger charge is 2.33. The molecule has 1 aliphatic heterocycles. The summed E-state index contributed by atoms with van der Waals surface area (Å²) in [6.07, 6.45) is 1.86. The van der Waals surface area contributed by atoms with Gasteiger partial charge in [-0.05, 0) is 71.2 Å². The molecule has 2 heterocycles. The summed E-state index contributed by atoms with van der Waals surface area (Å²) in [4.78, 5) is 33.7. The van der Waals surface area contributed by atoms with Gasteiger partial charge < -0.3 is 9.64 Å². The van der Waals surface area contributed by atoms with Gasteiger partial charge in [0.25, 0.3) is 5.56 Å². The summed E-state index contributed by atoms with van der Waals surface area (Å²) >= 11 is 8.38. The Morgan fingerprint density at radius 1 is 1.21 bits per heavy atom. The highest BCUT2D eigenvalue weighted by atomic mass is 79.9. The Morgan fingerprint density at radius 3 is 2.53 bits per heavy atom. The third-order valence-corrected chi connectivity index (χ3v) is 7.60. The number of halogens is 2. The number of fused-ring (bicyclic) bond motifs is 1. The van der Waals surface area contributed by atoms with Crippen LogP contribution in [-0.4, -0.2) is 31.2 Å². The zero-order valence-corrected chi connectivity index (χ0v) is 23.1. The van der Waals surface area contributed by atoms with E-state index in [1.54, 1.807) is 18.4 Å². The van der Waals surface area contributed by atoms with Crippen LogP contribution < -0.4 is 19.8 Å². The maximum Gasteiger partial charge on any atom is 0.338 e.